The van der Waals surface area contributed by atoms with E-state index in [1.165, 1.54) is 17.0 Å². The van der Waals surface area contributed by atoms with Crippen molar-refractivity contribution >= 4 is 17.8 Å². The standard InChI is InChI=1S/C26H37FN4O4/c1-6-26(4)14-22(32)31(24(28)30-26)20(9-10-34-5)16-12-17(16)23(33)29-19-13-25(2,3)35-21-8-7-15(27)11-18(19)21/h7-8,11,16-17,19-20H,6,9-10,12-14H2,1-5H3,(H2,28,30)(H,29,33)/t16-,17-,19?,20-,26-/m1/s1. The quantitative estimate of drug-likeness (QED) is 0.520. The molecule has 0 bridgehead atoms. The summed E-state index contributed by atoms with van der Waals surface area (Å²) in [5.74, 6) is -0.256. The molecule has 35 heavy (non-hydrogen) atoms. The second-order valence-corrected chi connectivity index (χ2v) is 11.0. The zero-order valence-corrected chi connectivity index (χ0v) is 21.2. The Kier molecular flexibility index (Phi) is 6.83. The molecule has 2 aliphatic heterocycles. The maximum atomic E-state index is 14.0. The van der Waals surface area contributed by atoms with Crippen LogP contribution < -0.4 is 15.4 Å². The van der Waals surface area contributed by atoms with Crippen molar-refractivity contribution in [3.05, 3.63) is 29.6 Å². The summed E-state index contributed by atoms with van der Waals surface area (Å²) in [7, 11) is 1.60. The molecule has 4 rings (SSSR count). The number of rotatable bonds is 8. The molecule has 1 saturated carbocycles. The zero-order chi connectivity index (χ0) is 25.5. The van der Waals surface area contributed by atoms with E-state index in [1.807, 2.05) is 27.7 Å². The molecule has 1 saturated heterocycles. The van der Waals surface area contributed by atoms with Crippen LogP contribution in [0.25, 0.3) is 0 Å². The number of halogens is 1. The fraction of sp³-hybridized carbons (Fsp3) is 0.654. The summed E-state index contributed by atoms with van der Waals surface area (Å²) in [6.07, 6.45) is 2.73. The molecular weight excluding hydrogens is 451 g/mol. The lowest BCUT2D eigenvalue weighted by Gasteiger charge is -2.43. The zero-order valence-electron chi connectivity index (χ0n) is 21.2. The van der Waals surface area contributed by atoms with E-state index in [0.717, 1.165) is 6.42 Å². The van der Waals surface area contributed by atoms with Crippen LogP contribution >= 0.6 is 0 Å². The maximum absolute atomic E-state index is 14.0. The number of benzene rings is 1. The Bertz CT molecular complexity index is 995. The molecular formula is C26H37FN4O4. The van der Waals surface area contributed by atoms with Gasteiger partial charge in [-0.3, -0.25) is 19.9 Å². The van der Waals surface area contributed by atoms with Crippen LogP contribution in [0.4, 0.5) is 4.39 Å². The number of carbonyl (C=O) groups is 2. The van der Waals surface area contributed by atoms with Crippen molar-refractivity contribution in [3.63, 3.8) is 0 Å². The Labute approximate surface area is 206 Å². The highest BCUT2D eigenvalue weighted by Gasteiger charge is 2.53. The van der Waals surface area contributed by atoms with E-state index >= 15 is 0 Å². The third kappa shape index (κ3) is 5.29. The molecule has 3 N–H and O–H groups in total. The van der Waals surface area contributed by atoms with Crippen molar-refractivity contribution in [1.82, 2.24) is 15.5 Å². The Morgan fingerprint density at radius 2 is 2.14 bits per heavy atom. The van der Waals surface area contributed by atoms with Gasteiger partial charge in [-0.1, -0.05) is 6.92 Å². The molecule has 2 fully saturated rings. The lowest BCUT2D eigenvalue weighted by Crippen LogP contribution is -2.63. The molecule has 2 heterocycles. The summed E-state index contributed by atoms with van der Waals surface area (Å²) in [5.41, 5.74) is -0.295. The summed E-state index contributed by atoms with van der Waals surface area (Å²) in [6.45, 7) is 8.27. The number of nitrogens with one attached hydrogen (secondary N) is 3. The van der Waals surface area contributed by atoms with Crippen LogP contribution in [0.1, 0.15) is 71.4 Å². The first kappa shape index (κ1) is 25.4. The van der Waals surface area contributed by atoms with Gasteiger partial charge in [-0.2, -0.15) is 0 Å². The third-order valence-electron chi connectivity index (χ3n) is 7.62. The first-order valence-corrected chi connectivity index (χ1v) is 12.4. The van der Waals surface area contributed by atoms with E-state index in [1.54, 1.807) is 13.2 Å². The Hall–Kier alpha value is -2.68. The number of fused-ring (bicyclic) bond motifs is 1. The fourth-order valence-electron chi connectivity index (χ4n) is 5.45. The molecule has 1 unspecified atom stereocenters. The van der Waals surface area contributed by atoms with Gasteiger partial charge in [0, 0.05) is 43.2 Å². The summed E-state index contributed by atoms with van der Waals surface area (Å²) in [6, 6.07) is 3.73. The van der Waals surface area contributed by atoms with Crippen LogP contribution in [0.2, 0.25) is 0 Å². The summed E-state index contributed by atoms with van der Waals surface area (Å²) in [5, 5.41) is 14.9. The van der Waals surface area contributed by atoms with E-state index < -0.39 is 11.1 Å². The number of carbonyl (C=O) groups excluding carboxylic acids is 2. The van der Waals surface area contributed by atoms with Crippen molar-refractivity contribution in [2.24, 2.45) is 11.8 Å². The van der Waals surface area contributed by atoms with Crippen LogP contribution in [-0.4, -0.2) is 53.6 Å². The number of methoxy groups -OCH3 is 1. The number of guanidine groups is 1. The van der Waals surface area contributed by atoms with Crippen LogP contribution in [0.3, 0.4) is 0 Å². The molecule has 3 aliphatic rings. The number of hydrogen-bond donors (Lipinski definition) is 3. The monoisotopic (exact) mass is 488 g/mol. The molecule has 9 heteroatoms. The van der Waals surface area contributed by atoms with Crippen LogP contribution in [0.5, 0.6) is 5.75 Å². The van der Waals surface area contributed by atoms with Crippen LogP contribution in [0.15, 0.2) is 18.2 Å². The highest BCUT2D eigenvalue weighted by atomic mass is 19.1. The molecule has 0 aromatic heterocycles. The largest absolute Gasteiger partial charge is 0.487 e. The predicted molar refractivity (Wildman–Crippen MR) is 130 cm³/mol. The van der Waals surface area contributed by atoms with Gasteiger partial charge in [0.05, 0.1) is 12.5 Å². The van der Waals surface area contributed by atoms with Crippen molar-refractivity contribution in [2.45, 2.75) is 83.0 Å². The average Bonchev–Trinajstić information content (AvgIpc) is 3.56. The number of amides is 2. The molecule has 0 spiro atoms. The second-order valence-electron chi connectivity index (χ2n) is 11.0. The smallest absolute Gasteiger partial charge is 0.231 e. The van der Waals surface area contributed by atoms with Gasteiger partial charge in [-0.15, -0.1) is 0 Å². The Morgan fingerprint density at radius 1 is 1.40 bits per heavy atom. The first-order chi connectivity index (χ1) is 16.5. The Morgan fingerprint density at radius 3 is 2.80 bits per heavy atom. The van der Waals surface area contributed by atoms with Crippen molar-refractivity contribution in [2.75, 3.05) is 13.7 Å². The highest BCUT2D eigenvalue weighted by Crippen LogP contribution is 2.47. The molecule has 1 aromatic rings. The second kappa shape index (κ2) is 9.41. The highest BCUT2D eigenvalue weighted by molar-refractivity contribution is 5.99. The van der Waals surface area contributed by atoms with E-state index in [4.69, 9.17) is 14.9 Å². The minimum Gasteiger partial charge on any atom is -0.487 e. The summed E-state index contributed by atoms with van der Waals surface area (Å²) < 4.78 is 25.2. The first-order valence-electron chi connectivity index (χ1n) is 12.4. The lowest BCUT2D eigenvalue weighted by molar-refractivity contribution is -0.133. The molecule has 8 nitrogen and oxygen atoms in total. The van der Waals surface area contributed by atoms with E-state index in [9.17, 15) is 14.0 Å². The molecule has 192 valence electrons. The van der Waals surface area contributed by atoms with Gasteiger partial charge in [0.15, 0.2) is 5.96 Å². The lowest BCUT2D eigenvalue weighted by atomic mass is 9.89. The number of ether oxygens (including phenoxy) is 2. The van der Waals surface area contributed by atoms with Gasteiger partial charge in [0.2, 0.25) is 11.8 Å². The summed E-state index contributed by atoms with van der Waals surface area (Å²) in [4.78, 5) is 27.9. The van der Waals surface area contributed by atoms with Crippen molar-refractivity contribution < 1.29 is 23.5 Å². The van der Waals surface area contributed by atoms with Gasteiger partial charge in [-0.25, -0.2) is 4.39 Å². The Balaban J connectivity index is 1.49. The topological polar surface area (TPSA) is 104 Å². The SMILES string of the molecule is CC[C@]1(C)CC(=O)N([C@H](CCOC)[C@@H]2C[C@H]2C(=O)NC2CC(C)(C)Oc3ccc(F)cc32)C(=N)N1. The number of hydrogen-bond acceptors (Lipinski definition) is 5. The van der Waals surface area contributed by atoms with Gasteiger partial charge < -0.3 is 20.1 Å². The third-order valence-corrected chi connectivity index (χ3v) is 7.62. The normalized spacial score (nSPS) is 30.1. The van der Waals surface area contributed by atoms with Crippen LogP contribution in [0, 0.1) is 23.1 Å². The molecule has 0 radical (unpaired) electrons. The summed E-state index contributed by atoms with van der Waals surface area (Å²) >= 11 is 0. The fourth-order valence-corrected chi connectivity index (χ4v) is 5.45. The van der Waals surface area contributed by atoms with Crippen molar-refractivity contribution in [3.8, 4) is 5.75 Å². The molecule has 1 aliphatic carbocycles. The average molecular weight is 489 g/mol. The van der Waals surface area contributed by atoms with Gasteiger partial charge in [0.1, 0.15) is 17.2 Å². The molecule has 5 atom stereocenters. The van der Waals surface area contributed by atoms with Gasteiger partial charge >= 0.3 is 0 Å². The van der Waals surface area contributed by atoms with Gasteiger partial charge in [0.25, 0.3) is 0 Å². The number of nitrogens with zero attached hydrogens (tertiary/aromatic N) is 1. The predicted octanol–water partition coefficient (Wildman–Crippen LogP) is 3.51. The van der Waals surface area contributed by atoms with Crippen LogP contribution in [-0.2, 0) is 14.3 Å². The van der Waals surface area contributed by atoms with Crippen molar-refractivity contribution in [1.29, 1.82) is 5.41 Å². The minimum absolute atomic E-state index is 0.0675. The van der Waals surface area contributed by atoms with E-state index in [0.29, 0.717) is 43.6 Å². The molecule has 1 aromatic carbocycles. The minimum atomic E-state index is -0.500. The van der Waals surface area contributed by atoms with E-state index in [2.05, 4.69) is 10.6 Å². The molecule has 2 amide bonds. The van der Waals surface area contributed by atoms with Gasteiger partial charge in [-0.05, 0) is 64.2 Å². The maximum Gasteiger partial charge on any atom is 0.231 e. The van der Waals surface area contributed by atoms with E-state index in [-0.39, 0.29) is 47.5 Å².